The van der Waals surface area contributed by atoms with E-state index < -0.39 is 0 Å². The molecule has 6 heteroatoms. The van der Waals surface area contributed by atoms with Gasteiger partial charge in [0, 0.05) is 12.4 Å². The van der Waals surface area contributed by atoms with E-state index in [0.717, 1.165) is 5.56 Å². The lowest BCUT2D eigenvalue weighted by Crippen LogP contribution is -2.14. The van der Waals surface area contributed by atoms with Crippen LogP contribution in [0.3, 0.4) is 0 Å². The summed E-state index contributed by atoms with van der Waals surface area (Å²) in [5, 5.41) is 3.18. The van der Waals surface area contributed by atoms with Crippen molar-refractivity contribution in [1.29, 1.82) is 0 Å². The first-order valence-electron chi connectivity index (χ1n) is 5.53. The number of hydrogen-bond acceptors (Lipinski definition) is 4. The summed E-state index contributed by atoms with van der Waals surface area (Å²) in [6, 6.07) is 4.93. The van der Waals surface area contributed by atoms with E-state index in [1.54, 1.807) is 24.4 Å². The fourth-order valence-electron chi connectivity index (χ4n) is 1.51. The Bertz CT molecular complexity index is 599. The van der Waals surface area contributed by atoms with Crippen LogP contribution in [0.25, 0.3) is 0 Å². The monoisotopic (exact) mass is 277 g/mol. The molecular formula is C13H12ClN3O2. The van der Waals surface area contributed by atoms with Gasteiger partial charge in [0.15, 0.2) is 0 Å². The van der Waals surface area contributed by atoms with Crippen molar-refractivity contribution < 1.29 is 9.53 Å². The zero-order valence-corrected chi connectivity index (χ0v) is 11.2. The highest BCUT2D eigenvalue weighted by Gasteiger charge is 2.11. The van der Waals surface area contributed by atoms with E-state index in [4.69, 9.17) is 16.3 Å². The highest BCUT2D eigenvalue weighted by Crippen LogP contribution is 2.22. The Labute approximate surface area is 115 Å². The van der Waals surface area contributed by atoms with Crippen LogP contribution in [-0.2, 0) is 0 Å². The van der Waals surface area contributed by atoms with Gasteiger partial charge < -0.3 is 10.1 Å². The summed E-state index contributed by atoms with van der Waals surface area (Å²) in [4.78, 5) is 20.0. The standard InChI is InChI=1S/C13H12ClN3O2/c1-8-5-11(13(19-2)16-6-8)17-12(18)10-4-3-9(14)7-15-10/h3-7H,1-2H3,(H,17,18). The molecule has 98 valence electrons. The zero-order valence-electron chi connectivity index (χ0n) is 10.5. The highest BCUT2D eigenvalue weighted by molar-refractivity contribution is 6.30. The summed E-state index contributed by atoms with van der Waals surface area (Å²) in [6.45, 7) is 1.88. The van der Waals surface area contributed by atoms with Crippen LogP contribution in [0, 0.1) is 6.92 Å². The van der Waals surface area contributed by atoms with Crippen molar-refractivity contribution in [3.8, 4) is 5.88 Å². The molecule has 0 aliphatic heterocycles. The number of amides is 1. The van der Waals surface area contributed by atoms with Crippen molar-refractivity contribution in [2.24, 2.45) is 0 Å². The zero-order chi connectivity index (χ0) is 13.8. The molecule has 2 rings (SSSR count). The number of aromatic nitrogens is 2. The molecule has 0 spiro atoms. The SMILES string of the molecule is COc1ncc(C)cc1NC(=O)c1ccc(Cl)cn1. The minimum Gasteiger partial charge on any atom is -0.480 e. The Morgan fingerprint density at radius 3 is 2.74 bits per heavy atom. The number of pyridine rings is 2. The molecule has 0 aliphatic rings. The normalized spacial score (nSPS) is 10.1. The van der Waals surface area contributed by atoms with E-state index in [1.165, 1.54) is 13.3 Å². The largest absolute Gasteiger partial charge is 0.480 e. The third kappa shape index (κ3) is 3.20. The number of methoxy groups -OCH3 is 1. The first kappa shape index (κ1) is 13.3. The molecule has 0 unspecified atom stereocenters. The first-order valence-corrected chi connectivity index (χ1v) is 5.91. The van der Waals surface area contributed by atoms with Crippen molar-refractivity contribution >= 4 is 23.2 Å². The minimum atomic E-state index is -0.345. The fourth-order valence-corrected chi connectivity index (χ4v) is 1.62. The van der Waals surface area contributed by atoms with Crippen LogP contribution in [0.1, 0.15) is 16.1 Å². The number of carbonyl (C=O) groups excluding carboxylic acids is 1. The van der Waals surface area contributed by atoms with Crippen LogP contribution < -0.4 is 10.1 Å². The van der Waals surface area contributed by atoms with Crippen LogP contribution in [0.5, 0.6) is 5.88 Å². The maximum atomic E-state index is 12.0. The van der Waals surface area contributed by atoms with Gasteiger partial charge in [-0.05, 0) is 30.7 Å². The third-order valence-corrected chi connectivity index (χ3v) is 2.61. The summed E-state index contributed by atoms with van der Waals surface area (Å²) in [5.74, 6) is 0.00952. The quantitative estimate of drug-likeness (QED) is 0.937. The topological polar surface area (TPSA) is 64.1 Å². The second-order valence-electron chi connectivity index (χ2n) is 3.89. The van der Waals surface area contributed by atoms with E-state index >= 15 is 0 Å². The number of hydrogen-bond donors (Lipinski definition) is 1. The first-order chi connectivity index (χ1) is 9.10. The Kier molecular flexibility index (Phi) is 3.97. The molecule has 1 N–H and O–H groups in total. The molecule has 2 aromatic heterocycles. The van der Waals surface area contributed by atoms with E-state index in [9.17, 15) is 4.79 Å². The molecule has 0 saturated heterocycles. The summed E-state index contributed by atoms with van der Waals surface area (Å²) in [7, 11) is 1.49. The molecule has 0 radical (unpaired) electrons. The molecule has 2 heterocycles. The molecular weight excluding hydrogens is 266 g/mol. The maximum absolute atomic E-state index is 12.0. The summed E-state index contributed by atoms with van der Waals surface area (Å²) in [5.41, 5.74) is 1.69. The summed E-state index contributed by atoms with van der Waals surface area (Å²) >= 11 is 5.72. The van der Waals surface area contributed by atoms with Gasteiger partial charge in [-0.2, -0.15) is 0 Å². The molecule has 0 fully saturated rings. The third-order valence-electron chi connectivity index (χ3n) is 2.39. The number of ether oxygens (including phenoxy) is 1. The van der Waals surface area contributed by atoms with Gasteiger partial charge in [-0.1, -0.05) is 11.6 Å². The number of aryl methyl sites for hydroxylation is 1. The van der Waals surface area contributed by atoms with Gasteiger partial charge >= 0.3 is 0 Å². The molecule has 0 bridgehead atoms. The van der Waals surface area contributed by atoms with E-state index in [0.29, 0.717) is 16.6 Å². The molecule has 0 aromatic carbocycles. The lowest BCUT2D eigenvalue weighted by Gasteiger charge is -2.09. The van der Waals surface area contributed by atoms with Crippen LogP contribution in [0.15, 0.2) is 30.6 Å². The van der Waals surface area contributed by atoms with Crippen LogP contribution in [0.4, 0.5) is 5.69 Å². The lowest BCUT2D eigenvalue weighted by atomic mass is 10.2. The van der Waals surface area contributed by atoms with Crippen LogP contribution in [-0.4, -0.2) is 23.0 Å². The van der Waals surface area contributed by atoms with Crippen LogP contribution >= 0.6 is 11.6 Å². The second kappa shape index (κ2) is 5.67. The second-order valence-corrected chi connectivity index (χ2v) is 4.32. The molecule has 0 aliphatic carbocycles. The van der Waals surface area contributed by atoms with Gasteiger partial charge in [0.25, 0.3) is 5.91 Å². The predicted octanol–water partition coefficient (Wildman–Crippen LogP) is 2.70. The number of nitrogens with zero attached hydrogens (tertiary/aromatic N) is 2. The van der Waals surface area contributed by atoms with Gasteiger partial charge in [-0.3, -0.25) is 4.79 Å². The number of anilines is 1. The summed E-state index contributed by atoms with van der Waals surface area (Å²) in [6.07, 6.45) is 3.08. The Morgan fingerprint density at radius 1 is 1.32 bits per heavy atom. The molecule has 19 heavy (non-hydrogen) atoms. The molecule has 1 amide bonds. The maximum Gasteiger partial charge on any atom is 0.274 e. The predicted molar refractivity (Wildman–Crippen MR) is 72.7 cm³/mol. The van der Waals surface area contributed by atoms with Gasteiger partial charge in [0.1, 0.15) is 11.4 Å². The highest BCUT2D eigenvalue weighted by atomic mass is 35.5. The van der Waals surface area contributed by atoms with Crippen molar-refractivity contribution in [2.75, 3.05) is 12.4 Å². The van der Waals surface area contributed by atoms with Crippen molar-refractivity contribution in [1.82, 2.24) is 9.97 Å². The molecule has 0 saturated carbocycles. The lowest BCUT2D eigenvalue weighted by molar-refractivity contribution is 0.102. The van der Waals surface area contributed by atoms with Crippen LogP contribution in [0.2, 0.25) is 5.02 Å². The van der Waals surface area contributed by atoms with Gasteiger partial charge in [-0.15, -0.1) is 0 Å². The van der Waals surface area contributed by atoms with E-state index in [2.05, 4.69) is 15.3 Å². The van der Waals surface area contributed by atoms with Gasteiger partial charge in [0.05, 0.1) is 12.1 Å². The van der Waals surface area contributed by atoms with E-state index in [1.807, 2.05) is 6.92 Å². The van der Waals surface area contributed by atoms with E-state index in [-0.39, 0.29) is 11.6 Å². The van der Waals surface area contributed by atoms with Crippen molar-refractivity contribution in [2.45, 2.75) is 6.92 Å². The van der Waals surface area contributed by atoms with Crippen molar-refractivity contribution in [3.63, 3.8) is 0 Å². The number of halogens is 1. The molecule has 2 aromatic rings. The number of rotatable bonds is 3. The van der Waals surface area contributed by atoms with Crippen molar-refractivity contribution in [3.05, 3.63) is 46.9 Å². The average molecular weight is 278 g/mol. The number of carbonyl (C=O) groups is 1. The Balaban J connectivity index is 2.23. The Hall–Kier alpha value is -2.14. The fraction of sp³-hybridized carbons (Fsp3) is 0.154. The minimum absolute atomic E-state index is 0.271. The van der Waals surface area contributed by atoms with Gasteiger partial charge in [-0.25, -0.2) is 9.97 Å². The smallest absolute Gasteiger partial charge is 0.274 e. The summed E-state index contributed by atoms with van der Waals surface area (Å²) < 4.78 is 5.09. The number of nitrogens with one attached hydrogen (secondary N) is 1. The average Bonchev–Trinajstić information content (AvgIpc) is 2.39. The van der Waals surface area contributed by atoms with Gasteiger partial charge in [0.2, 0.25) is 5.88 Å². The molecule has 5 nitrogen and oxygen atoms in total. The Morgan fingerprint density at radius 2 is 2.11 bits per heavy atom. The molecule has 0 atom stereocenters.